The normalized spacial score (nSPS) is 44.2. The molecular weight excluding hydrogens is 244 g/mol. The summed E-state index contributed by atoms with van der Waals surface area (Å²) in [6, 6.07) is 0. The summed E-state index contributed by atoms with van der Waals surface area (Å²) in [5.41, 5.74) is 6.92. The van der Waals surface area contributed by atoms with Crippen molar-refractivity contribution in [2.75, 3.05) is 37.7 Å². The van der Waals surface area contributed by atoms with Crippen LogP contribution in [-0.4, -0.2) is 54.3 Å². The maximum absolute atomic E-state index is 6.84. The van der Waals surface area contributed by atoms with E-state index in [0.29, 0.717) is 12.0 Å². The molecule has 0 spiro atoms. The van der Waals surface area contributed by atoms with Gasteiger partial charge < -0.3 is 10.5 Å². The van der Waals surface area contributed by atoms with Crippen LogP contribution < -0.4 is 5.73 Å². The van der Waals surface area contributed by atoms with Crippen LogP contribution >= 0.6 is 11.8 Å². The molecule has 2 saturated heterocycles. The van der Waals surface area contributed by atoms with E-state index < -0.39 is 0 Å². The van der Waals surface area contributed by atoms with Gasteiger partial charge in [0.05, 0.1) is 6.10 Å². The van der Waals surface area contributed by atoms with Crippen molar-refractivity contribution in [3.05, 3.63) is 0 Å². The van der Waals surface area contributed by atoms with Crippen molar-refractivity contribution in [1.29, 1.82) is 0 Å². The van der Waals surface area contributed by atoms with Gasteiger partial charge in [-0.1, -0.05) is 13.8 Å². The quantitative estimate of drug-likeness (QED) is 0.826. The molecule has 0 radical (unpaired) electrons. The van der Waals surface area contributed by atoms with E-state index in [-0.39, 0.29) is 11.0 Å². The van der Waals surface area contributed by atoms with Crippen LogP contribution in [0.2, 0.25) is 0 Å². The molecule has 2 aliphatic heterocycles. The third-order valence-electron chi connectivity index (χ3n) is 5.48. The molecule has 3 unspecified atom stereocenters. The van der Waals surface area contributed by atoms with Gasteiger partial charge in [0.2, 0.25) is 0 Å². The number of fused-ring (bicyclic) bond motifs is 1. The number of hydrogen-bond acceptors (Lipinski definition) is 4. The maximum Gasteiger partial charge on any atom is 0.0690 e. The predicted octanol–water partition coefficient (Wildman–Crippen LogP) is 1.57. The van der Waals surface area contributed by atoms with E-state index in [1.54, 1.807) is 0 Å². The Kier molecular flexibility index (Phi) is 3.42. The van der Waals surface area contributed by atoms with Gasteiger partial charge in [-0.3, -0.25) is 4.90 Å². The molecule has 3 fully saturated rings. The molecule has 3 nitrogen and oxygen atoms in total. The van der Waals surface area contributed by atoms with Gasteiger partial charge in [0.15, 0.2) is 0 Å². The predicted molar refractivity (Wildman–Crippen MR) is 76.9 cm³/mol. The molecule has 3 atom stereocenters. The highest BCUT2D eigenvalue weighted by molar-refractivity contribution is 7.99. The largest absolute Gasteiger partial charge is 0.377 e. The minimum absolute atomic E-state index is 0.0416. The Labute approximate surface area is 115 Å². The SMILES string of the molecule is CC1(C)C2OCCCC2C1(N)CN1CCSCC1. The highest BCUT2D eigenvalue weighted by atomic mass is 32.2. The van der Waals surface area contributed by atoms with E-state index >= 15 is 0 Å². The van der Waals surface area contributed by atoms with E-state index in [1.807, 2.05) is 0 Å². The molecular formula is C14H26N2OS. The molecule has 18 heavy (non-hydrogen) atoms. The Balaban J connectivity index is 1.71. The Morgan fingerprint density at radius 2 is 2.06 bits per heavy atom. The lowest BCUT2D eigenvalue weighted by molar-refractivity contribution is -0.231. The molecule has 0 aromatic heterocycles. The van der Waals surface area contributed by atoms with Crippen molar-refractivity contribution in [3.63, 3.8) is 0 Å². The van der Waals surface area contributed by atoms with E-state index in [4.69, 9.17) is 10.5 Å². The third kappa shape index (κ3) is 1.84. The number of ether oxygens (including phenoxy) is 1. The van der Waals surface area contributed by atoms with Crippen LogP contribution in [0.15, 0.2) is 0 Å². The van der Waals surface area contributed by atoms with Crippen LogP contribution in [0.1, 0.15) is 26.7 Å². The lowest BCUT2D eigenvalue weighted by Crippen LogP contribution is -2.80. The number of hydrogen-bond donors (Lipinski definition) is 1. The van der Waals surface area contributed by atoms with Gasteiger partial charge in [-0.25, -0.2) is 0 Å². The summed E-state index contributed by atoms with van der Waals surface area (Å²) in [5, 5.41) is 0. The second kappa shape index (κ2) is 4.65. The van der Waals surface area contributed by atoms with Crippen molar-refractivity contribution in [2.45, 2.75) is 38.3 Å². The van der Waals surface area contributed by atoms with Gasteiger partial charge in [-0.05, 0) is 12.8 Å². The van der Waals surface area contributed by atoms with E-state index in [1.165, 1.54) is 37.4 Å². The first-order valence-corrected chi connectivity index (χ1v) is 8.42. The highest BCUT2D eigenvalue weighted by Crippen LogP contribution is 2.57. The second-order valence-corrected chi connectivity index (χ2v) is 7.92. The minimum Gasteiger partial charge on any atom is -0.377 e. The van der Waals surface area contributed by atoms with Crippen molar-refractivity contribution >= 4 is 11.8 Å². The first-order valence-electron chi connectivity index (χ1n) is 7.26. The highest BCUT2D eigenvalue weighted by Gasteiger charge is 2.66. The number of rotatable bonds is 2. The summed E-state index contributed by atoms with van der Waals surface area (Å²) in [6.45, 7) is 9.01. The van der Waals surface area contributed by atoms with Gasteiger partial charge in [0.1, 0.15) is 0 Å². The number of thioether (sulfide) groups is 1. The van der Waals surface area contributed by atoms with Crippen LogP contribution in [0.25, 0.3) is 0 Å². The molecule has 0 bridgehead atoms. The van der Waals surface area contributed by atoms with Gasteiger partial charge in [-0.15, -0.1) is 0 Å². The fourth-order valence-corrected chi connectivity index (χ4v) is 5.10. The molecule has 3 rings (SSSR count). The fourth-order valence-electron chi connectivity index (χ4n) is 4.12. The smallest absolute Gasteiger partial charge is 0.0690 e. The van der Waals surface area contributed by atoms with Crippen molar-refractivity contribution < 1.29 is 4.74 Å². The molecule has 1 aliphatic carbocycles. The van der Waals surface area contributed by atoms with Crippen LogP contribution in [-0.2, 0) is 4.74 Å². The molecule has 0 aromatic carbocycles. The van der Waals surface area contributed by atoms with E-state index in [0.717, 1.165) is 13.2 Å². The molecule has 2 heterocycles. The van der Waals surface area contributed by atoms with Crippen LogP contribution in [0.5, 0.6) is 0 Å². The zero-order chi connectivity index (χ0) is 12.8. The topological polar surface area (TPSA) is 38.5 Å². The van der Waals surface area contributed by atoms with Crippen molar-refractivity contribution in [3.8, 4) is 0 Å². The number of nitrogens with two attached hydrogens (primary N) is 1. The van der Waals surface area contributed by atoms with Gasteiger partial charge in [0.25, 0.3) is 0 Å². The summed E-state index contributed by atoms with van der Waals surface area (Å²) < 4.78 is 5.97. The Morgan fingerprint density at radius 1 is 1.33 bits per heavy atom. The third-order valence-corrected chi connectivity index (χ3v) is 6.43. The monoisotopic (exact) mass is 270 g/mol. The standard InChI is InChI=1S/C14H26N2OS/c1-13(2)12-11(4-3-7-17-12)14(13,15)10-16-5-8-18-9-6-16/h11-12H,3-10,15H2,1-2H3. The maximum atomic E-state index is 6.84. The average molecular weight is 270 g/mol. The van der Waals surface area contributed by atoms with Crippen LogP contribution in [0.4, 0.5) is 0 Å². The van der Waals surface area contributed by atoms with Gasteiger partial charge in [-0.2, -0.15) is 11.8 Å². The summed E-state index contributed by atoms with van der Waals surface area (Å²) in [5.74, 6) is 3.11. The van der Waals surface area contributed by atoms with E-state index in [9.17, 15) is 0 Å². The molecule has 2 N–H and O–H groups in total. The summed E-state index contributed by atoms with van der Waals surface area (Å²) in [6.07, 6.45) is 2.84. The van der Waals surface area contributed by atoms with Crippen LogP contribution in [0.3, 0.4) is 0 Å². The van der Waals surface area contributed by atoms with Gasteiger partial charge in [0, 0.05) is 54.6 Å². The van der Waals surface area contributed by atoms with Crippen molar-refractivity contribution in [2.24, 2.45) is 17.1 Å². The Bertz CT molecular complexity index is 317. The first-order chi connectivity index (χ1) is 8.56. The Morgan fingerprint density at radius 3 is 2.78 bits per heavy atom. The molecule has 0 aromatic rings. The molecule has 4 heteroatoms. The first kappa shape index (κ1) is 13.2. The lowest BCUT2D eigenvalue weighted by Gasteiger charge is -2.67. The minimum atomic E-state index is -0.0416. The zero-order valence-electron chi connectivity index (χ0n) is 11.7. The Hall–Kier alpha value is 0.230. The van der Waals surface area contributed by atoms with Crippen LogP contribution in [0, 0.1) is 11.3 Å². The average Bonchev–Trinajstić information content (AvgIpc) is 2.40. The summed E-state index contributed by atoms with van der Waals surface area (Å²) in [4.78, 5) is 2.57. The van der Waals surface area contributed by atoms with Crippen molar-refractivity contribution in [1.82, 2.24) is 4.90 Å². The molecule has 1 saturated carbocycles. The molecule has 104 valence electrons. The molecule has 3 aliphatic rings. The summed E-state index contributed by atoms with van der Waals surface area (Å²) in [7, 11) is 0. The number of nitrogens with zero attached hydrogens (tertiary/aromatic N) is 1. The lowest BCUT2D eigenvalue weighted by atomic mass is 9.46. The van der Waals surface area contributed by atoms with E-state index in [2.05, 4.69) is 30.5 Å². The fraction of sp³-hybridized carbons (Fsp3) is 1.00. The summed E-state index contributed by atoms with van der Waals surface area (Å²) >= 11 is 2.07. The zero-order valence-corrected chi connectivity index (χ0v) is 12.5. The second-order valence-electron chi connectivity index (χ2n) is 6.69. The molecule has 0 amide bonds. The van der Waals surface area contributed by atoms with Gasteiger partial charge >= 0.3 is 0 Å².